The van der Waals surface area contributed by atoms with Crippen LogP contribution in [0, 0.1) is 17.8 Å². The van der Waals surface area contributed by atoms with Crippen LogP contribution in [0.4, 0.5) is 0 Å². The van der Waals surface area contributed by atoms with Crippen LogP contribution in [0.2, 0.25) is 0 Å². The van der Waals surface area contributed by atoms with Crippen LogP contribution in [0.3, 0.4) is 0 Å². The summed E-state index contributed by atoms with van der Waals surface area (Å²) in [6.45, 7) is 12.6. The summed E-state index contributed by atoms with van der Waals surface area (Å²) >= 11 is 0. The molecule has 9 atom stereocenters. The Bertz CT molecular complexity index is 1730. The van der Waals surface area contributed by atoms with E-state index in [-0.39, 0.29) is 50.8 Å². The number of aliphatic hydroxyl groups excluding tert-OH is 1. The second-order valence-corrected chi connectivity index (χ2v) is 16.8. The average molecular weight is 938 g/mol. The Balaban J connectivity index is 3.38. The number of likely N-dealkylation sites (N-methyl/N-ethyl adjacent to an activating group) is 1. The van der Waals surface area contributed by atoms with Gasteiger partial charge in [-0.25, -0.2) is 0 Å². The van der Waals surface area contributed by atoms with Crippen LogP contribution in [-0.4, -0.2) is 150 Å². The third kappa shape index (κ3) is 19.6. The monoisotopic (exact) mass is 938 g/mol. The number of rotatable bonds is 29. The second kappa shape index (κ2) is 29.5. The Morgan fingerprint density at radius 2 is 1.21 bits per heavy atom. The zero-order valence-electron chi connectivity index (χ0n) is 39.6. The molecular weight excluding hydrogens is 863 g/mol. The van der Waals surface area contributed by atoms with Gasteiger partial charge in [-0.15, -0.1) is 0 Å². The molecule has 0 aliphatic carbocycles. The van der Waals surface area contributed by atoms with E-state index >= 15 is 0 Å². The maximum absolute atomic E-state index is 14.1. The zero-order chi connectivity index (χ0) is 50.3. The van der Waals surface area contributed by atoms with Crippen LogP contribution in [0.25, 0.3) is 0 Å². The Hall–Kier alpha value is -6.07. The molecule has 15 N–H and O–H groups in total. The van der Waals surface area contributed by atoms with Gasteiger partial charge in [0.2, 0.25) is 59.1 Å². The molecule has 0 unspecified atom stereocenters. The van der Waals surface area contributed by atoms with Crippen molar-refractivity contribution in [3.8, 4) is 0 Å². The number of amides is 10. The summed E-state index contributed by atoms with van der Waals surface area (Å²) < 4.78 is 0. The van der Waals surface area contributed by atoms with Crippen LogP contribution < -0.4 is 59.7 Å². The first-order valence-corrected chi connectivity index (χ1v) is 22.6. The quantitative estimate of drug-likeness (QED) is 0.0195. The molecule has 0 aromatic rings. The molecule has 1 fully saturated rings. The van der Waals surface area contributed by atoms with Crippen molar-refractivity contribution in [1.29, 1.82) is 0 Å². The smallest absolute Gasteiger partial charge is 0.245 e. The Morgan fingerprint density at radius 3 is 1.71 bits per heavy atom. The summed E-state index contributed by atoms with van der Waals surface area (Å²) in [5.74, 6) is -8.79. The van der Waals surface area contributed by atoms with Crippen LogP contribution in [-0.2, 0) is 47.9 Å². The molecule has 1 aliphatic rings. The number of primary amides is 1. The maximum atomic E-state index is 14.1. The lowest BCUT2D eigenvalue weighted by Crippen LogP contribution is -2.62. The fourth-order valence-electron chi connectivity index (χ4n) is 6.97. The van der Waals surface area contributed by atoms with Crippen molar-refractivity contribution in [3.63, 3.8) is 0 Å². The molecule has 0 radical (unpaired) electrons. The van der Waals surface area contributed by atoms with Crippen molar-refractivity contribution in [2.45, 2.75) is 149 Å². The lowest BCUT2D eigenvalue weighted by molar-refractivity contribution is -0.142. The molecule has 10 amide bonds. The molecule has 24 heteroatoms. The number of hydrogen-bond donors (Lipinski definition) is 12. The van der Waals surface area contributed by atoms with E-state index in [1.807, 2.05) is 0 Å². The normalized spacial score (nSPS) is 16.9. The highest BCUT2D eigenvalue weighted by Crippen LogP contribution is 2.21. The largest absolute Gasteiger partial charge is 0.394 e. The number of nitrogens with one attached hydrogen (secondary N) is 8. The third-order valence-electron chi connectivity index (χ3n) is 11.2. The van der Waals surface area contributed by atoms with E-state index in [0.29, 0.717) is 32.2 Å². The predicted molar refractivity (Wildman–Crippen MR) is 243 cm³/mol. The molecule has 24 nitrogen and oxygen atoms in total. The summed E-state index contributed by atoms with van der Waals surface area (Å²) in [5.41, 5.74) is 16.3. The number of aliphatic hydroxyl groups is 1. The SMILES string of the molecule is CCNC(=O)[C@@H]1CCCN1C(=O)[C@H](CCCN=C(N)N)NC(=O)[C@@H](NC(=O)[C@H](CCC(N)=O)NC(=O)[C@H](CO)NC(=O)[C@H](NC(=O)[C@@H](NC(=O)CNC(C)=O)C(C)C)[C@@H](C)CC)[C@@H](C)CC. The molecule has 0 spiro atoms. The van der Waals surface area contributed by atoms with Crippen molar-refractivity contribution in [2.75, 3.05) is 32.8 Å². The summed E-state index contributed by atoms with van der Waals surface area (Å²) in [6.07, 6.45) is 1.30. The summed E-state index contributed by atoms with van der Waals surface area (Å²) in [7, 11) is 0. The number of guanidine groups is 1. The molecule has 0 aromatic carbocycles. The first-order valence-electron chi connectivity index (χ1n) is 22.6. The molecule has 0 bridgehead atoms. The number of nitrogens with zero attached hydrogens (tertiary/aromatic N) is 2. The van der Waals surface area contributed by atoms with Gasteiger partial charge in [0, 0.05) is 33.0 Å². The van der Waals surface area contributed by atoms with Crippen molar-refractivity contribution in [1.82, 2.24) is 47.4 Å². The van der Waals surface area contributed by atoms with Crippen molar-refractivity contribution >= 4 is 65.0 Å². The van der Waals surface area contributed by atoms with Gasteiger partial charge in [0.05, 0.1) is 13.2 Å². The van der Waals surface area contributed by atoms with Crippen molar-refractivity contribution < 1.29 is 53.1 Å². The topological polar surface area (TPSA) is 381 Å². The van der Waals surface area contributed by atoms with Gasteiger partial charge in [-0.1, -0.05) is 54.4 Å². The van der Waals surface area contributed by atoms with Gasteiger partial charge in [0.25, 0.3) is 0 Å². The summed E-state index contributed by atoms with van der Waals surface area (Å²) in [6, 6.07) is -8.80. The Kier molecular flexibility index (Phi) is 25.9. The summed E-state index contributed by atoms with van der Waals surface area (Å²) in [4.78, 5) is 137. The van der Waals surface area contributed by atoms with Crippen LogP contribution in [0.1, 0.15) is 107 Å². The molecular formula is C42H75N13O11. The number of likely N-dealkylation sites (tertiary alicyclic amines) is 1. The van der Waals surface area contributed by atoms with E-state index in [1.54, 1.807) is 48.5 Å². The summed E-state index contributed by atoms with van der Waals surface area (Å²) in [5, 5.41) is 30.7. The third-order valence-corrected chi connectivity index (χ3v) is 11.2. The number of carbonyl (C=O) groups is 10. The highest BCUT2D eigenvalue weighted by Gasteiger charge is 2.40. The van der Waals surface area contributed by atoms with Gasteiger partial charge >= 0.3 is 0 Å². The van der Waals surface area contributed by atoms with Gasteiger partial charge in [0.15, 0.2) is 5.96 Å². The van der Waals surface area contributed by atoms with E-state index in [2.05, 4.69) is 47.5 Å². The molecule has 1 rings (SSSR count). The van der Waals surface area contributed by atoms with E-state index in [9.17, 15) is 53.1 Å². The van der Waals surface area contributed by atoms with E-state index in [4.69, 9.17) is 17.2 Å². The van der Waals surface area contributed by atoms with Crippen LogP contribution >= 0.6 is 0 Å². The van der Waals surface area contributed by atoms with E-state index < -0.39 is 126 Å². The van der Waals surface area contributed by atoms with Gasteiger partial charge in [-0.3, -0.25) is 52.9 Å². The fourth-order valence-corrected chi connectivity index (χ4v) is 6.97. The van der Waals surface area contributed by atoms with E-state index in [0.717, 1.165) is 0 Å². The number of nitrogens with two attached hydrogens (primary N) is 3. The van der Waals surface area contributed by atoms with Crippen LogP contribution in [0.5, 0.6) is 0 Å². The molecule has 374 valence electrons. The Labute approximate surface area is 386 Å². The van der Waals surface area contributed by atoms with Gasteiger partial charge in [-0.05, 0) is 56.8 Å². The van der Waals surface area contributed by atoms with Gasteiger partial charge < -0.3 is 69.7 Å². The number of carbonyl (C=O) groups excluding carboxylic acids is 10. The highest BCUT2D eigenvalue weighted by molar-refractivity contribution is 5.98. The minimum Gasteiger partial charge on any atom is -0.394 e. The molecule has 1 saturated heterocycles. The highest BCUT2D eigenvalue weighted by atomic mass is 16.3. The molecule has 0 aromatic heterocycles. The first-order chi connectivity index (χ1) is 31.0. The van der Waals surface area contributed by atoms with Crippen molar-refractivity contribution in [3.05, 3.63) is 0 Å². The second-order valence-electron chi connectivity index (χ2n) is 16.8. The van der Waals surface area contributed by atoms with Crippen molar-refractivity contribution in [2.24, 2.45) is 39.9 Å². The Morgan fingerprint density at radius 1 is 0.682 bits per heavy atom. The van der Waals surface area contributed by atoms with Gasteiger partial charge in [-0.2, -0.15) is 0 Å². The lowest BCUT2D eigenvalue weighted by Gasteiger charge is -2.31. The van der Waals surface area contributed by atoms with Gasteiger partial charge in [0.1, 0.15) is 42.3 Å². The average Bonchev–Trinajstić information content (AvgIpc) is 3.76. The minimum atomic E-state index is -1.68. The molecule has 1 aliphatic heterocycles. The molecule has 66 heavy (non-hydrogen) atoms. The standard InChI is InChI=1S/C42H75N13O11/c1-9-23(6)33(39(64)50-27(14-12-18-47-42(44)45)41(66)55-19-13-15-29(55)37(62)46-11-3)53-35(60)26(16-17-30(43)58)49-36(61)28(21-56)51-40(65)34(24(7)10-2)54-38(63)32(22(4)5)52-31(59)20-48-25(8)57/h22-24,26-29,32-34,56H,9-21H2,1-8H3,(H2,43,58)(H,46,62)(H,48,57)(H,49,61)(H,50,64)(H,51,65)(H,52,59)(H,53,60)(H,54,63)(H4,44,45,47)/t23-,24-,26-,27-,28-,29-,32-,33-,34+/m0/s1. The van der Waals surface area contributed by atoms with Crippen LogP contribution in [0.15, 0.2) is 4.99 Å². The molecule has 0 saturated carbocycles. The molecule has 1 heterocycles. The van der Waals surface area contributed by atoms with E-state index in [1.165, 1.54) is 11.8 Å². The maximum Gasteiger partial charge on any atom is 0.245 e. The first kappa shape index (κ1) is 57.9. The lowest BCUT2D eigenvalue weighted by atomic mass is 9.96. The minimum absolute atomic E-state index is 0.0725. The predicted octanol–water partition coefficient (Wildman–Crippen LogP) is -3.78. The fraction of sp³-hybridized carbons (Fsp3) is 0.738. The zero-order valence-corrected chi connectivity index (χ0v) is 39.6. The number of aliphatic imine (C=N–C) groups is 1. The number of hydrogen-bond acceptors (Lipinski definition) is 12.